The Hall–Kier alpha value is -3.06. The molecule has 0 saturated carbocycles. The zero-order valence-electron chi connectivity index (χ0n) is 14.7. The standard InChI is InChI=1S/C20H19N3O4/c24-18-16-7-1-2-8-17(16)19(25)23(18)27-20(26)15-6-4-10-22(13-15)12-14-5-3-9-21-11-14/h1-3,5,7-9,11,15H,4,6,10,12-13H2. The Morgan fingerprint density at radius 3 is 2.52 bits per heavy atom. The molecule has 2 aromatic rings. The zero-order chi connectivity index (χ0) is 18.8. The van der Waals surface area contributed by atoms with Crippen LogP contribution in [0.2, 0.25) is 0 Å². The fourth-order valence-corrected chi connectivity index (χ4v) is 3.56. The van der Waals surface area contributed by atoms with Crippen LogP contribution in [-0.2, 0) is 16.2 Å². The Bertz CT molecular complexity index is 849. The van der Waals surface area contributed by atoms with Crippen LogP contribution in [0.5, 0.6) is 0 Å². The number of aromatic nitrogens is 1. The molecule has 1 atom stereocenters. The Labute approximate surface area is 156 Å². The number of pyridine rings is 1. The molecule has 0 N–H and O–H groups in total. The van der Waals surface area contributed by atoms with E-state index < -0.39 is 17.8 Å². The van der Waals surface area contributed by atoms with Crippen molar-refractivity contribution >= 4 is 17.8 Å². The third kappa shape index (κ3) is 3.46. The Kier molecular flexibility index (Phi) is 4.68. The second kappa shape index (κ2) is 7.28. The first-order chi connectivity index (χ1) is 13.1. The highest BCUT2D eigenvalue weighted by Crippen LogP contribution is 2.25. The number of rotatable bonds is 4. The van der Waals surface area contributed by atoms with Gasteiger partial charge in [0, 0.05) is 25.5 Å². The van der Waals surface area contributed by atoms with E-state index in [9.17, 15) is 14.4 Å². The van der Waals surface area contributed by atoms with Crippen LogP contribution < -0.4 is 0 Å². The topological polar surface area (TPSA) is 79.8 Å². The van der Waals surface area contributed by atoms with Gasteiger partial charge in [-0.05, 0) is 43.1 Å². The number of amides is 2. The number of fused-ring (bicyclic) bond motifs is 1. The van der Waals surface area contributed by atoms with Crippen molar-refractivity contribution in [1.29, 1.82) is 0 Å². The summed E-state index contributed by atoms with van der Waals surface area (Å²) in [5.74, 6) is -2.10. The molecule has 2 aliphatic heterocycles. The monoisotopic (exact) mass is 365 g/mol. The zero-order valence-corrected chi connectivity index (χ0v) is 14.7. The first-order valence-electron chi connectivity index (χ1n) is 8.94. The summed E-state index contributed by atoms with van der Waals surface area (Å²) in [6.45, 7) is 2.10. The maximum Gasteiger partial charge on any atom is 0.337 e. The molecule has 138 valence electrons. The summed E-state index contributed by atoms with van der Waals surface area (Å²) in [5.41, 5.74) is 1.60. The number of carbonyl (C=O) groups is 3. The van der Waals surface area contributed by atoms with Crippen LogP contribution in [-0.4, -0.2) is 45.8 Å². The molecule has 2 amide bonds. The fraction of sp³-hybridized carbons (Fsp3) is 0.300. The van der Waals surface area contributed by atoms with E-state index in [0.717, 1.165) is 18.5 Å². The lowest BCUT2D eigenvalue weighted by molar-refractivity contribution is -0.175. The van der Waals surface area contributed by atoms with Crippen molar-refractivity contribution in [3.63, 3.8) is 0 Å². The third-order valence-electron chi connectivity index (χ3n) is 4.91. The van der Waals surface area contributed by atoms with Crippen LogP contribution in [0, 0.1) is 5.92 Å². The van der Waals surface area contributed by atoms with Gasteiger partial charge in [0.2, 0.25) is 0 Å². The second-order valence-electron chi connectivity index (χ2n) is 6.80. The van der Waals surface area contributed by atoms with Crippen molar-refractivity contribution in [3.05, 3.63) is 65.5 Å². The highest BCUT2D eigenvalue weighted by molar-refractivity contribution is 6.20. The van der Waals surface area contributed by atoms with E-state index in [4.69, 9.17) is 4.84 Å². The summed E-state index contributed by atoms with van der Waals surface area (Å²) < 4.78 is 0. The number of benzene rings is 1. The highest BCUT2D eigenvalue weighted by atomic mass is 16.7. The number of imide groups is 1. The molecule has 27 heavy (non-hydrogen) atoms. The Morgan fingerprint density at radius 1 is 1.11 bits per heavy atom. The number of hydroxylamine groups is 2. The van der Waals surface area contributed by atoms with Gasteiger partial charge in [0.25, 0.3) is 11.8 Å². The summed E-state index contributed by atoms with van der Waals surface area (Å²) >= 11 is 0. The predicted octanol–water partition coefficient (Wildman–Crippen LogP) is 2.05. The van der Waals surface area contributed by atoms with Crippen molar-refractivity contribution in [1.82, 2.24) is 14.9 Å². The lowest BCUT2D eigenvalue weighted by atomic mass is 9.98. The van der Waals surface area contributed by atoms with E-state index in [1.807, 2.05) is 12.1 Å². The molecular weight excluding hydrogens is 346 g/mol. The van der Waals surface area contributed by atoms with Crippen LogP contribution >= 0.6 is 0 Å². The molecule has 1 aromatic carbocycles. The van der Waals surface area contributed by atoms with E-state index in [1.165, 1.54) is 0 Å². The summed E-state index contributed by atoms with van der Waals surface area (Å²) in [7, 11) is 0. The van der Waals surface area contributed by atoms with Crippen LogP contribution in [0.25, 0.3) is 0 Å². The molecule has 7 heteroatoms. The number of likely N-dealkylation sites (tertiary alicyclic amines) is 1. The first kappa shape index (κ1) is 17.4. The van der Waals surface area contributed by atoms with Crippen molar-refractivity contribution in [2.75, 3.05) is 13.1 Å². The van der Waals surface area contributed by atoms with E-state index in [-0.39, 0.29) is 17.0 Å². The van der Waals surface area contributed by atoms with Gasteiger partial charge in [-0.25, -0.2) is 4.79 Å². The first-order valence-corrected chi connectivity index (χ1v) is 8.94. The maximum absolute atomic E-state index is 12.6. The molecule has 1 saturated heterocycles. The van der Waals surface area contributed by atoms with Gasteiger partial charge in [-0.3, -0.25) is 19.5 Å². The van der Waals surface area contributed by atoms with Gasteiger partial charge in [0.1, 0.15) is 0 Å². The van der Waals surface area contributed by atoms with Crippen LogP contribution in [0.15, 0.2) is 48.8 Å². The number of piperidine rings is 1. The molecule has 1 fully saturated rings. The van der Waals surface area contributed by atoms with Gasteiger partial charge < -0.3 is 4.84 Å². The third-order valence-corrected chi connectivity index (χ3v) is 4.91. The molecule has 4 rings (SSSR count). The number of carbonyl (C=O) groups excluding carboxylic acids is 3. The van der Waals surface area contributed by atoms with Gasteiger partial charge in [0.05, 0.1) is 17.0 Å². The van der Waals surface area contributed by atoms with Gasteiger partial charge in [-0.1, -0.05) is 23.3 Å². The minimum absolute atomic E-state index is 0.261. The lowest BCUT2D eigenvalue weighted by Crippen LogP contribution is -2.42. The predicted molar refractivity (Wildman–Crippen MR) is 95.3 cm³/mol. The Balaban J connectivity index is 1.40. The molecule has 0 aliphatic carbocycles. The van der Waals surface area contributed by atoms with Crippen molar-refractivity contribution in [2.24, 2.45) is 5.92 Å². The average molecular weight is 365 g/mol. The minimum Gasteiger partial charge on any atom is -0.329 e. The summed E-state index contributed by atoms with van der Waals surface area (Å²) in [4.78, 5) is 48.8. The Morgan fingerprint density at radius 2 is 1.85 bits per heavy atom. The highest BCUT2D eigenvalue weighted by Gasteiger charge is 2.40. The summed E-state index contributed by atoms with van der Waals surface area (Å²) in [5, 5.41) is 0.590. The number of hydrogen-bond donors (Lipinski definition) is 0. The van der Waals surface area contributed by atoms with Crippen molar-refractivity contribution in [3.8, 4) is 0 Å². The molecule has 0 spiro atoms. The van der Waals surface area contributed by atoms with Gasteiger partial charge in [0.15, 0.2) is 0 Å². The van der Waals surface area contributed by atoms with E-state index in [1.54, 1.807) is 36.7 Å². The average Bonchev–Trinajstić information content (AvgIpc) is 2.94. The molecule has 7 nitrogen and oxygen atoms in total. The summed E-state index contributed by atoms with van der Waals surface area (Å²) in [6, 6.07) is 10.3. The normalized spacial score (nSPS) is 19.9. The van der Waals surface area contributed by atoms with Gasteiger partial charge in [-0.2, -0.15) is 0 Å². The smallest absolute Gasteiger partial charge is 0.329 e. The fourth-order valence-electron chi connectivity index (χ4n) is 3.56. The van der Waals surface area contributed by atoms with E-state index >= 15 is 0 Å². The van der Waals surface area contributed by atoms with Gasteiger partial charge in [-0.15, -0.1) is 0 Å². The maximum atomic E-state index is 12.6. The molecule has 0 bridgehead atoms. The van der Waals surface area contributed by atoms with Crippen molar-refractivity contribution in [2.45, 2.75) is 19.4 Å². The molecule has 1 unspecified atom stereocenters. The molecular formula is C20H19N3O4. The van der Waals surface area contributed by atoms with Gasteiger partial charge >= 0.3 is 5.97 Å². The van der Waals surface area contributed by atoms with Crippen molar-refractivity contribution < 1.29 is 19.2 Å². The number of nitrogens with zero attached hydrogens (tertiary/aromatic N) is 3. The molecule has 3 heterocycles. The van der Waals surface area contributed by atoms with Crippen LogP contribution in [0.1, 0.15) is 39.1 Å². The number of hydrogen-bond acceptors (Lipinski definition) is 6. The van der Waals surface area contributed by atoms with Crippen LogP contribution in [0.4, 0.5) is 0 Å². The second-order valence-corrected chi connectivity index (χ2v) is 6.80. The van der Waals surface area contributed by atoms with Crippen LogP contribution in [0.3, 0.4) is 0 Å². The lowest BCUT2D eigenvalue weighted by Gasteiger charge is -2.31. The van der Waals surface area contributed by atoms with E-state index in [0.29, 0.717) is 24.6 Å². The molecule has 1 aromatic heterocycles. The molecule has 2 aliphatic rings. The largest absolute Gasteiger partial charge is 0.337 e. The quantitative estimate of drug-likeness (QED) is 0.772. The van der Waals surface area contributed by atoms with E-state index in [2.05, 4.69) is 9.88 Å². The summed E-state index contributed by atoms with van der Waals surface area (Å²) in [6.07, 6.45) is 5.05. The minimum atomic E-state index is -0.591. The molecule has 0 radical (unpaired) electrons. The SMILES string of the molecule is O=C(ON1C(=O)c2ccccc2C1=O)C1CCCN(Cc2cccnc2)C1.